The summed E-state index contributed by atoms with van der Waals surface area (Å²) in [6.45, 7) is 2.24. The normalized spacial score (nSPS) is 10.0. The summed E-state index contributed by atoms with van der Waals surface area (Å²) in [4.78, 5) is 15.2. The zero-order valence-corrected chi connectivity index (χ0v) is 11.0. The van der Waals surface area contributed by atoms with Gasteiger partial charge in [0.15, 0.2) is 5.78 Å². The van der Waals surface area contributed by atoms with E-state index in [0.29, 0.717) is 12.4 Å². The van der Waals surface area contributed by atoms with E-state index in [1.807, 2.05) is 36.4 Å². The predicted octanol–water partition coefficient (Wildman–Crippen LogP) is 2.90. The summed E-state index contributed by atoms with van der Waals surface area (Å²) in [6.07, 6.45) is 1.72. The molecule has 0 saturated heterocycles. The van der Waals surface area contributed by atoms with Crippen LogP contribution in [0.15, 0.2) is 42.6 Å². The van der Waals surface area contributed by atoms with Gasteiger partial charge in [-0.2, -0.15) is 0 Å². The number of Topliss-reactive ketones (excluding diaryl/α,β-unsaturated/α-hetero) is 1. The molecule has 1 N–H and O–H groups in total. The Balaban J connectivity index is 1.99. The molecule has 0 saturated carbocycles. The van der Waals surface area contributed by atoms with E-state index in [9.17, 15) is 4.79 Å². The van der Waals surface area contributed by atoms with E-state index in [2.05, 4.69) is 10.3 Å². The molecule has 1 aromatic carbocycles. The van der Waals surface area contributed by atoms with Gasteiger partial charge in [0.25, 0.3) is 0 Å². The van der Waals surface area contributed by atoms with Crippen LogP contribution in [0.5, 0.6) is 5.88 Å². The highest BCUT2D eigenvalue weighted by atomic mass is 16.5. The number of hydrogen-bond acceptors (Lipinski definition) is 4. The summed E-state index contributed by atoms with van der Waals surface area (Å²) >= 11 is 0. The number of ketones is 1. The Labute approximate surface area is 112 Å². The first-order valence-electron chi connectivity index (χ1n) is 6.03. The van der Waals surface area contributed by atoms with E-state index in [1.165, 1.54) is 0 Å². The molecule has 2 aromatic rings. The maximum absolute atomic E-state index is 11.2. The highest BCUT2D eigenvalue weighted by Crippen LogP contribution is 2.13. The van der Waals surface area contributed by atoms with Crippen LogP contribution in [0.1, 0.15) is 22.8 Å². The molecular weight excluding hydrogens is 240 g/mol. The topological polar surface area (TPSA) is 51.2 Å². The zero-order valence-electron chi connectivity index (χ0n) is 11.0. The molecule has 98 valence electrons. The lowest BCUT2D eigenvalue weighted by molar-refractivity contribution is 0.101. The minimum Gasteiger partial charge on any atom is -0.481 e. The summed E-state index contributed by atoms with van der Waals surface area (Å²) in [5, 5.41) is 3.28. The molecule has 4 heteroatoms. The third kappa shape index (κ3) is 3.55. The predicted molar refractivity (Wildman–Crippen MR) is 74.6 cm³/mol. The van der Waals surface area contributed by atoms with Crippen LogP contribution in [0.2, 0.25) is 0 Å². The van der Waals surface area contributed by atoms with Gasteiger partial charge in [-0.05, 0) is 42.8 Å². The van der Waals surface area contributed by atoms with Gasteiger partial charge in [0, 0.05) is 30.1 Å². The number of nitrogens with zero attached hydrogens (tertiary/aromatic N) is 1. The largest absolute Gasteiger partial charge is 0.481 e. The second-order valence-electron chi connectivity index (χ2n) is 4.19. The van der Waals surface area contributed by atoms with Gasteiger partial charge in [0.1, 0.15) is 0 Å². The number of benzene rings is 1. The zero-order chi connectivity index (χ0) is 13.7. The molecule has 0 bridgehead atoms. The summed E-state index contributed by atoms with van der Waals surface area (Å²) in [5.74, 6) is 0.677. The highest BCUT2D eigenvalue weighted by molar-refractivity contribution is 5.94. The Morgan fingerprint density at radius 1 is 1.26 bits per heavy atom. The van der Waals surface area contributed by atoms with Gasteiger partial charge in [-0.25, -0.2) is 4.98 Å². The van der Waals surface area contributed by atoms with Crippen LogP contribution in [0.4, 0.5) is 5.69 Å². The maximum atomic E-state index is 11.2. The van der Waals surface area contributed by atoms with Gasteiger partial charge < -0.3 is 10.1 Å². The number of methoxy groups -OCH3 is 1. The van der Waals surface area contributed by atoms with Crippen molar-refractivity contribution in [2.24, 2.45) is 0 Å². The second-order valence-corrected chi connectivity index (χ2v) is 4.19. The minimum atomic E-state index is 0.0745. The van der Waals surface area contributed by atoms with Crippen molar-refractivity contribution in [1.82, 2.24) is 4.98 Å². The molecule has 0 radical (unpaired) electrons. The quantitative estimate of drug-likeness (QED) is 0.836. The number of carbonyl (C=O) groups is 1. The van der Waals surface area contributed by atoms with Crippen molar-refractivity contribution < 1.29 is 9.53 Å². The lowest BCUT2D eigenvalue weighted by Gasteiger charge is -2.07. The molecule has 0 aliphatic rings. The Bertz CT molecular complexity index is 565. The fourth-order valence-electron chi connectivity index (χ4n) is 1.70. The molecular formula is C15H16N2O2. The van der Waals surface area contributed by atoms with E-state index >= 15 is 0 Å². The molecule has 0 aliphatic carbocycles. The molecule has 0 unspecified atom stereocenters. The molecule has 1 heterocycles. The van der Waals surface area contributed by atoms with E-state index in [1.54, 1.807) is 20.2 Å². The smallest absolute Gasteiger partial charge is 0.213 e. The third-order valence-electron chi connectivity index (χ3n) is 2.80. The molecule has 0 amide bonds. The number of hydrogen-bond donors (Lipinski definition) is 1. The summed E-state index contributed by atoms with van der Waals surface area (Å²) in [5.41, 5.74) is 2.78. The van der Waals surface area contributed by atoms with Gasteiger partial charge in [-0.3, -0.25) is 4.79 Å². The molecule has 0 spiro atoms. The van der Waals surface area contributed by atoms with Crippen LogP contribution in [0.3, 0.4) is 0 Å². The third-order valence-corrected chi connectivity index (χ3v) is 2.80. The number of aromatic nitrogens is 1. The van der Waals surface area contributed by atoms with Crippen molar-refractivity contribution in [3.63, 3.8) is 0 Å². The Morgan fingerprint density at radius 3 is 2.63 bits per heavy atom. The number of nitrogens with one attached hydrogen (secondary N) is 1. The minimum absolute atomic E-state index is 0.0745. The van der Waals surface area contributed by atoms with Crippen LogP contribution < -0.4 is 10.1 Å². The van der Waals surface area contributed by atoms with E-state index in [0.717, 1.165) is 16.8 Å². The maximum Gasteiger partial charge on any atom is 0.213 e. The van der Waals surface area contributed by atoms with Crippen LogP contribution in [0, 0.1) is 0 Å². The van der Waals surface area contributed by atoms with Gasteiger partial charge in [0.05, 0.1) is 7.11 Å². The second kappa shape index (κ2) is 6.00. The Kier molecular flexibility index (Phi) is 4.13. The van der Waals surface area contributed by atoms with Gasteiger partial charge in [-0.1, -0.05) is 0 Å². The molecule has 0 fully saturated rings. The average Bonchev–Trinajstić information content (AvgIpc) is 2.46. The Hall–Kier alpha value is -2.36. The molecule has 2 rings (SSSR count). The van der Waals surface area contributed by atoms with Crippen molar-refractivity contribution in [3.05, 3.63) is 53.7 Å². The lowest BCUT2D eigenvalue weighted by Crippen LogP contribution is -2.01. The molecule has 0 aliphatic heterocycles. The standard InChI is InChI=1S/C15H16N2O2/c1-11(18)13-3-5-14(6-4-13)17-10-12-7-8-16-15(9-12)19-2/h3-9,17H,10H2,1-2H3. The number of anilines is 1. The number of ether oxygens (including phenoxy) is 1. The number of carbonyl (C=O) groups excluding carboxylic acids is 1. The monoisotopic (exact) mass is 256 g/mol. The highest BCUT2D eigenvalue weighted by Gasteiger charge is 2.00. The van der Waals surface area contributed by atoms with Crippen LogP contribution >= 0.6 is 0 Å². The van der Waals surface area contributed by atoms with Crippen molar-refractivity contribution in [2.75, 3.05) is 12.4 Å². The van der Waals surface area contributed by atoms with Gasteiger partial charge in [-0.15, -0.1) is 0 Å². The molecule has 1 aromatic heterocycles. The Morgan fingerprint density at radius 2 is 2.00 bits per heavy atom. The first-order valence-corrected chi connectivity index (χ1v) is 6.03. The van der Waals surface area contributed by atoms with Crippen LogP contribution in [-0.2, 0) is 6.54 Å². The van der Waals surface area contributed by atoms with E-state index in [-0.39, 0.29) is 5.78 Å². The molecule has 4 nitrogen and oxygen atoms in total. The van der Waals surface area contributed by atoms with Crippen molar-refractivity contribution in [1.29, 1.82) is 0 Å². The van der Waals surface area contributed by atoms with Crippen molar-refractivity contribution in [3.8, 4) is 5.88 Å². The first kappa shape index (κ1) is 13.1. The lowest BCUT2D eigenvalue weighted by atomic mass is 10.1. The first-order chi connectivity index (χ1) is 9.19. The summed E-state index contributed by atoms with van der Waals surface area (Å²) in [6, 6.07) is 11.2. The SMILES string of the molecule is COc1cc(CNc2ccc(C(C)=O)cc2)ccn1. The summed E-state index contributed by atoms with van der Waals surface area (Å²) in [7, 11) is 1.60. The van der Waals surface area contributed by atoms with Crippen molar-refractivity contribution in [2.45, 2.75) is 13.5 Å². The average molecular weight is 256 g/mol. The number of pyridine rings is 1. The summed E-state index contributed by atoms with van der Waals surface area (Å²) < 4.78 is 5.07. The fourth-order valence-corrected chi connectivity index (χ4v) is 1.70. The van der Waals surface area contributed by atoms with Gasteiger partial charge in [0.2, 0.25) is 5.88 Å². The number of rotatable bonds is 5. The van der Waals surface area contributed by atoms with Crippen LogP contribution in [-0.4, -0.2) is 17.9 Å². The van der Waals surface area contributed by atoms with Gasteiger partial charge >= 0.3 is 0 Å². The molecule has 19 heavy (non-hydrogen) atoms. The van der Waals surface area contributed by atoms with E-state index in [4.69, 9.17) is 4.74 Å². The van der Waals surface area contributed by atoms with E-state index < -0.39 is 0 Å². The fraction of sp³-hybridized carbons (Fsp3) is 0.200. The molecule has 0 atom stereocenters. The van der Waals surface area contributed by atoms with Crippen molar-refractivity contribution >= 4 is 11.5 Å². The van der Waals surface area contributed by atoms with Crippen LogP contribution in [0.25, 0.3) is 0 Å².